The average molecular weight is 378 g/mol. The molecule has 0 spiro atoms. The third-order valence-corrected chi connectivity index (χ3v) is 4.20. The number of benzene rings is 1. The fourth-order valence-corrected chi connectivity index (χ4v) is 2.75. The van der Waals surface area contributed by atoms with Gasteiger partial charge in [0.15, 0.2) is 0 Å². The second-order valence-corrected chi connectivity index (χ2v) is 6.31. The van der Waals surface area contributed by atoms with E-state index in [1.807, 2.05) is 42.5 Å². The lowest BCUT2D eigenvalue weighted by Crippen LogP contribution is -2.50. The molecular formula is C21H22N4O3. The molecule has 0 aromatic heterocycles. The van der Waals surface area contributed by atoms with Gasteiger partial charge in [0.2, 0.25) is 0 Å². The second-order valence-electron chi connectivity index (χ2n) is 6.31. The van der Waals surface area contributed by atoms with Gasteiger partial charge < -0.3 is 26.1 Å². The Morgan fingerprint density at radius 2 is 2.04 bits per heavy atom. The Morgan fingerprint density at radius 3 is 2.82 bits per heavy atom. The molecule has 3 amide bonds. The molecule has 0 fully saturated rings. The van der Waals surface area contributed by atoms with Crippen molar-refractivity contribution in [2.45, 2.75) is 18.9 Å². The van der Waals surface area contributed by atoms with Gasteiger partial charge in [0.25, 0.3) is 5.91 Å². The zero-order valence-corrected chi connectivity index (χ0v) is 15.3. The van der Waals surface area contributed by atoms with Crippen molar-refractivity contribution in [3.63, 3.8) is 0 Å². The molecule has 28 heavy (non-hydrogen) atoms. The van der Waals surface area contributed by atoms with Crippen LogP contribution in [0.1, 0.15) is 12.0 Å². The molecule has 4 N–H and O–H groups in total. The van der Waals surface area contributed by atoms with Crippen LogP contribution in [0, 0.1) is 5.41 Å². The molecule has 1 aliphatic heterocycles. The van der Waals surface area contributed by atoms with Crippen LogP contribution in [0.2, 0.25) is 0 Å². The minimum atomic E-state index is -0.834. The molecule has 0 unspecified atom stereocenters. The average Bonchev–Trinajstić information content (AvgIpc) is 3.01. The maximum absolute atomic E-state index is 12.4. The summed E-state index contributed by atoms with van der Waals surface area (Å²) < 4.78 is 5.66. The minimum Gasteiger partial charge on any atom is -0.489 e. The zero-order chi connectivity index (χ0) is 19.8. The predicted octanol–water partition coefficient (Wildman–Crippen LogP) is 2.30. The number of allylic oxidation sites excluding steroid dienone is 5. The molecule has 7 heteroatoms. The third-order valence-electron chi connectivity index (χ3n) is 4.20. The first-order chi connectivity index (χ1) is 13.7. The number of ether oxygens (including phenoxy) is 1. The molecule has 1 atom stereocenters. The quantitative estimate of drug-likeness (QED) is 0.591. The molecule has 1 aliphatic carbocycles. The van der Waals surface area contributed by atoms with Crippen LogP contribution in [0.4, 0.5) is 4.79 Å². The third kappa shape index (κ3) is 5.20. The van der Waals surface area contributed by atoms with E-state index in [4.69, 9.17) is 10.1 Å². The van der Waals surface area contributed by atoms with Gasteiger partial charge in [-0.25, -0.2) is 4.79 Å². The van der Waals surface area contributed by atoms with E-state index in [1.165, 1.54) is 12.4 Å². The van der Waals surface area contributed by atoms with Crippen LogP contribution in [0.3, 0.4) is 0 Å². The highest BCUT2D eigenvalue weighted by atomic mass is 16.5. The van der Waals surface area contributed by atoms with Crippen molar-refractivity contribution in [2.24, 2.45) is 0 Å². The lowest BCUT2D eigenvalue weighted by Gasteiger charge is -2.15. The molecule has 1 heterocycles. The van der Waals surface area contributed by atoms with Crippen LogP contribution >= 0.6 is 0 Å². The molecule has 2 aliphatic rings. The van der Waals surface area contributed by atoms with Crippen LogP contribution in [0.5, 0.6) is 0 Å². The highest BCUT2D eigenvalue weighted by Crippen LogP contribution is 2.15. The Bertz CT molecular complexity index is 869. The van der Waals surface area contributed by atoms with Crippen molar-refractivity contribution in [1.82, 2.24) is 16.0 Å². The Labute approximate surface area is 163 Å². The van der Waals surface area contributed by atoms with Crippen LogP contribution < -0.4 is 16.0 Å². The van der Waals surface area contributed by atoms with Gasteiger partial charge in [-0.15, -0.1) is 0 Å². The number of urea groups is 1. The fourth-order valence-electron chi connectivity index (χ4n) is 2.75. The van der Waals surface area contributed by atoms with Gasteiger partial charge in [0.1, 0.15) is 18.4 Å². The summed E-state index contributed by atoms with van der Waals surface area (Å²) in [6.45, 7) is 0.0292. The first kappa shape index (κ1) is 19.2. The van der Waals surface area contributed by atoms with E-state index in [0.29, 0.717) is 23.5 Å². The molecule has 1 aromatic carbocycles. The lowest BCUT2D eigenvalue weighted by molar-refractivity contribution is -0.122. The van der Waals surface area contributed by atoms with Crippen molar-refractivity contribution < 1.29 is 14.3 Å². The fraction of sp³-hybridized carbons (Fsp3) is 0.190. The van der Waals surface area contributed by atoms with E-state index in [2.05, 4.69) is 16.0 Å². The number of nitrogens with one attached hydrogen (secondary N) is 4. The molecular weight excluding hydrogens is 356 g/mol. The summed E-state index contributed by atoms with van der Waals surface area (Å²) in [4.78, 5) is 24.6. The molecule has 0 radical (unpaired) electrons. The van der Waals surface area contributed by atoms with Crippen LogP contribution in [0.15, 0.2) is 77.9 Å². The van der Waals surface area contributed by atoms with E-state index in [9.17, 15) is 9.59 Å². The van der Waals surface area contributed by atoms with Crippen molar-refractivity contribution >= 4 is 18.2 Å². The van der Waals surface area contributed by atoms with Gasteiger partial charge in [-0.1, -0.05) is 42.5 Å². The molecule has 0 saturated heterocycles. The van der Waals surface area contributed by atoms with Gasteiger partial charge in [-0.05, 0) is 29.7 Å². The molecule has 144 valence electrons. The summed E-state index contributed by atoms with van der Waals surface area (Å²) in [6.07, 6.45) is 11.4. The number of rotatable bonds is 5. The van der Waals surface area contributed by atoms with Gasteiger partial charge in [-0.3, -0.25) is 4.79 Å². The highest BCUT2D eigenvalue weighted by molar-refractivity contribution is 5.89. The number of amides is 3. The smallest absolute Gasteiger partial charge is 0.319 e. The summed E-state index contributed by atoms with van der Waals surface area (Å²) in [5.41, 5.74) is 2.24. The molecule has 7 nitrogen and oxygen atoms in total. The molecule has 3 rings (SSSR count). The zero-order valence-electron chi connectivity index (χ0n) is 15.3. The summed E-state index contributed by atoms with van der Waals surface area (Å²) in [7, 11) is 0. The predicted molar refractivity (Wildman–Crippen MR) is 106 cm³/mol. The Hall–Kier alpha value is -3.61. The number of carbonyl (C=O) groups excluding carboxylic acids is 2. The van der Waals surface area contributed by atoms with Gasteiger partial charge in [-0.2, -0.15) is 0 Å². The van der Waals surface area contributed by atoms with Crippen molar-refractivity contribution in [3.8, 4) is 0 Å². The minimum absolute atomic E-state index is 0.0292. The summed E-state index contributed by atoms with van der Waals surface area (Å²) >= 11 is 0. The van der Waals surface area contributed by atoms with Gasteiger partial charge in [0.05, 0.1) is 5.70 Å². The van der Waals surface area contributed by atoms with Crippen molar-refractivity contribution in [2.75, 3.05) is 6.61 Å². The molecule has 1 aromatic rings. The first-order valence-electron chi connectivity index (χ1n) is 8.97. The van der Waals surface area contributed by atoms with E-state index < -0.39 is 12.1 Å². The van der Waals surface area contributed by atoms with Crippen LogP contribution in [0.25, 0.3) is 0 Å². The van der Waals surface area contributed by atoms with Crippen molar-refractivity contribution in [1.29, 1.82) is 5.41 Å². The van der Waals surface area contributed by atoms with Gasteiger partial charge in [0, 0.05) is 18.8 Å². The number of hydrogen-bond acceptors (Lipinski definition) is 4. The standard InChI is InChI=1S/C21H22N4O3/c22-12-16(11-15-7-3-1-4-8-15)13-23-21(27)25-18-14-28-19-10-6-2-5-9-17(19)24-20(18)26/h1,3-10,12-13,18,22H,2,11,14H2,(H,24,26)(H2,23,25,27)/b16-13-,22-12?/t18-/m0/s1. The Balaban J connectivity index is 1.56. The van der Waals surface area contributed by atoms with Crippen LogP contribution in [-0.2, 0) is 16.0 Å². The Kier molecular flexibility index (Phi) is 6.41. The Morgan fingerprint density at radius 1 is 1.25 bits per heavy atom. The van der Waals surface area contributed by atoms with E-state index >= 15 is 0 Å². The number of carbonyl (C=O) groups is 2. The lowest BCUT2D eigenvalue weighted by atomic mass is 10.1. The number of hydrogen-bond donors (Lipinski definition) is 4. The summed E-state index contributed by atoms with van der Waals surface area (Å²) in [5, 5.41) is 15.4. The van der Waals surface area contributed by atoms with E-state index in [-0.39, 0.29) is 12.5 Å². The van der Waals surface area contributed by atoms with Crippen molar-refractivity contribution in [3.05, 3.63) is 83.4 Å². The van der Waals surface area contributed by atoms with E-state index in [1.54, 1.807) is 12.2 Å². The maximum atomic E-state index is 12.4. The summed E-state index contributed by atoms with van der Waals surface area (Å²) in [6, 6.07) is 8.28. The monoisotopic (exact) mass is 378 g/mol. The SMILES string of the molecule is N=C/C(=C\NC(=O)N[C@H]1COC2=C(C=CCC=C2)NC1=O)Cc1ccccc1. The molecule has 0 saturated carbocycles. The van der Waals surface area contributed by atoms with E-state index in [0.717, 1.165) is 12.0 Å². The molecule has 0 bridgehead atoms. The topological polar surface area (TPSA) is 103 Å². The van der Waals surface area contributed by atoms with Gasteiger partial charge >= 0.3 is 6.03 Å². The highest BCUT2D eigenvalue weighted by Gasteiger charge is 2.26. The van der Waals surface area contributed by atoms with Crippen LogP contribution in [-0.4, -0.2) is 30.8 Å². The first-order valence-corrected chi connectivity index (χ1v) is 8.97. The normalized spacial score (nSPS) is 18.9. The summed E-state index contributed by atoms with van der Waals surface area (Å²) in [5.74, 6) is 0.223. The maximum Gasteiger partial charge on any atom is 0.319 e. The largest absolute Gasteiger partial charge is 0.489 e. The second kappa shape index (κ2) is 9.36.